The number of aromatic nitrogens is 1. The summed E-state index contributed by atoms with van der Waals surface area (Å²) >= 11 is 0. The maximum Gasteiger partial charge on any atom is 0.145 e. The van der Waals surface area contributed by atoms with E-state index in [1.165, 1.54) is 5.56 Å². The molecule has 1 aromatic carbocycles. The highest BCUT2D eigenvalue weighted by Crippen LogP contribution is 2.26. The normalized spacial score (nSPS) is 10.4. The van der Waals surface area contributed by atoms with E-state index in [0.717, 1.165) is 29.0 Å². The van der Waals surface area contributed by atoms with Crippen LogP contribution in [0, 0.1) is 13.8 Å². The van der Waals surface area contributed by atoms with Gasteiger partial charge in [0.05, 0.1) is 6.20 Å². The van der Waals surface area contributed by atoms with Crippen molar-refractivity contribution >= 4 is 0 Å². The monoisotopic (exact) mass is 242 g/mol. The second-order valence-electron chi connectivity index (χ2n) is 4.37. The lowest BCUT2D eigenvalue weighted by Gasteiger charge is -2.10. The Morgan fingerprint density at radius 3 is 2.83 bits per heavy atom. The number of ether oxygens (including phenoxy) is 1. The fourth-order valence-corrected chi connectivity index (χ4v) is 1.78. The molecule has 0 aliphatic rings. The van der Waals surface area contributed by atoms with E-state index in [1.54, 1.807) is 6.20 Å². The molecule has 0 saturated carbocycles. The van der Waals surface area contributed by atoms with Gasteiger partial charge in [0.2, 0.25) is 0 Å². The lowest BCUT2D eigenvalue weighted by molar-refractivity contribution is 0.475. The van der Waals surface area contributed by atoms with Gasteiger partial charge in [-0.25, -0.2) is 0 Å². The minimum absolute atomic E-state index is 0.620. The number of hydrogen-bond donors (Lipinski definition) is 1. The predicted molar refractivity (Wildman–Crippen MR) is 73.0 cm³/mol. The second-order valence-corrected chi connectivity index (χ2v) is 4.37. The van der Waals surface area contributed by atoms with Gasteiger partial charge in [0, 0.05) is 6.20 Å². The molecule has 2 N–H and O–H groups in total. The van der Waals surface area contributed by atoms with Crippen molar-refractivity contribution in [2.24, 2.45) is 5.73 Å². The number of benzene rings is 1. The summed E-state index contributed by atoms with van der Waals surface area (Å²) in [6, 6.07) is 8.03. The quantitative estimate of drug-likeness (QED) is 0.896. The first kappa shape index (κ1) is 12.6. The summed E-state index contributed by atoms with van der Waals surface area (Å²) in [6.07, 6.45) is 4.36. The van der Waals surface area contributed by atoms with Gasteiger partial charge < -0.3 is 10.5 Å². The Bertz CT molecular complexity index is 538. The number of nitrogens with zero attached hydrogens (tertiary/aromatic N) is 1. The molecule has 2 aromatic rings. The van der Waals surface area contributed by atoms with E-state index in [9.17, 15) is 0 Å². The van der Waals surface area contributed by atoms with Gasteiger partial charge in [0.1, 0.15) is 11.5 Å². The van der Waals surface area contributed by atoms with Crippen LogP contribution in [0.2, 0.25) is 0 Å². The van der Waals surface area contributed by atoms with Crippen LogP contribution >= 0.6 is 0 Å². The van der Waals surface area contributed by atoms with Crippen molar-refractivity contribution in [2.45, 2.75) is 20.3 Å². The molecule has 0 bridgehead atoms. The zero-order valence-corrected chi connectivity index (χ0v) is 10.8. The molecule has 0 aliphatic heterocycles. The average molecular weight is 242 g/mol. The number of hydrogen-bond acceptors (Lipinski definition) is 3. The van der Waals surface area contributed by atoms with Gasteiger partial charge in [-0.2, -0.15) is 0 Å². The van der Waals surface area contributed by atoms with Crippen LogP contribution in [0.3, 0.4) is 0 Å². The van der Waals surface area contributed by atoms with E-state index in [1.807, 2.05) is 24.4 Å². The summed E-state index contributed by atoms with van der Waals surface area (Å²) in [7, 11) is 0. The molecule has 94 valence electrons. The molecule has 0 radical (unpaired) electrons. The lowest BCUT2D eigenvalue weighted by Crippen LogP contribution is -2.03. The van der Waals surface area contributed by atoms with Gasteiger partial charge in [0.15, 0.2) is 0 Å². The van der Waals surface area contributed by atoms with Crippen LogP contribution in [-0.2, 0) is 6.42 Å². The SMILES string of the molecule is Cc1cccc(Oc2cncc(CCN)c2)c1C. The number of nitrogens with two attached hydrogens (primary N) is 1. The maximum atomic E-state index is 5.87. The molecule has 2 rings (SSSR count). The fraction of sp³-hybridized carbons (Fsp3) is 0.267. The van der Waals surface area contributed by atoms with Crippen LogP contribution in [-0.4, -0.2) is 11.5 Å². The van der Waals surface area contributed by atoms with E-state index < -0.39 is 0 Å². The Hall–Kier alpha value is -1.87. The molecule has 0 atom stereocenters. The Balaban J connectivity index is 2.23. The largest absolute Gasteiger partial charge is 0.455 e. The van der Waals surface area contributed by atoms with Gasteiger partial charge >= 0.3 is 0 Å². The number of rotatable bonds is 4. The molecule has 18 heavy (non-hydrogen) atoms. The maximum absolute atomic E-state index is 5.87. The Morgan fingerprint density at radius 1 is 1.22 bits per heavy atom. The summed E-state index contributed by atoms with van der Waals surface area (Å²) in [4.78, 5) is 4.17. The molecule has 0 amide bonds. The molecule has 0 aliphatic carbocycles. The Kier molecular flexibility index (Phi) is 3.95. The molecule has 0 spiro atoms. The summed E-state index contributed by atoms with van der Waals surface area (Å²) in [5, 5.41) is 0. The first-order valence-electron chi connectivity index (χ1n) is 6.09. The van der Waals surface area contributed by atoms with Gasteiger partial charge in [-0.05, 0) is 55.6 Å². The van der Waals surface area contributed by atoms with Crippen LogP contribution in [0.25, 0.3) is 0 Å². The van der Waals surface area contributed by atoms with Crippen LogP contribution in [0.1, 0.15) is 16.7 Å². The van der Waals surface area contributed by atoms with Crippen molar-refractivity contribution in [2.75, 3.05) is 6.54 Å². The van der Waals surface area contributed by atoms with Crippen molar-refractivity contribution in [3.8, 4) is 11.5 Å². The number of aryl methyl sites for hydroxylation is 1. The van der Waals surface area contributed by atoms with Crippen LogP contribution in [0.4, 0.5) is 0 Å². The molecule has 0 saturated heterocycles. The van der Waals surface area contributed by atoms with Gasteiger partial charge in [-0.3, -0.25) is 4.98 Å². The molecule has 0 fully saturated rings. The standard InChI is InChI=1S/C15H18N2O/c1-11-4-3-5-15(12(11)2)18-14-8-13(6-7-16)9-17-10-14/h3-5,8-10H,6-7,16H2,1-2H3. The van der Waals surface area contributed by atoms with Crippen molar-refractivity contribution < 1.29 is 4.74 Å². The third-order valence-electron chi connectivity index (χ3n) is 2.99. The van der Waals surface area contributed by atoms with Gasteiger partial charge in [-0.1, -0.05) is 12.1 Å². The lowest BCUT2D eigenvalue weighted by atomic mass is 10.1. The highest BCUT2D eigenvalue weighted by Gasteiger charge is 2.04. The Labute approximate surface area is 108 Å². The molecule has 0 unspecified atom stereocenters. The van der Waals surface area contributed by atoms with E-state index in [4.69, 9.17) is 10.5 Å². The summed E-state index contributed by atoms with van der Waals surface area (Å²) < 4.78 is 5.87. The van der Waals surface area contributed by atoms with Gasteiger partial charge in [0.25, 0.3) is 0 Å². The highest BCUT2D eigenvalue weighted by atomic mass is 16.5. The van der Waals surface area contributed by atoms with Crippen molar-refractivity contribution in [3.05, 3.63) is 53.3 Å². The predicted octanol–water partition coefficient (Wildman–Crippen LogP) is 2.99. The summed E-state index contributed by atoms with van der Waals surface area (Å²) in [6.45, 7) is 4.75. The van der Waals surface area contributed by atoms with E-state index >= 15 is 0 Å². The summed E-state index contributed by atoms with van der Waals surface area (Å²) in [5.41, 5.74) is 9.01. The van der Waals surface area contributed by atoms with Crippen LogP contribution in [0.15, 0.2) is 36.7 Å². The minimum atomic E-state index is 0.620. The van der Waals surface area contributed by atoms with Crippen molar-refractivity contribution in [1.29, 1.82) is 0 Å². The van der Waals surface area contributed by atoms with E-state index in [0.29, 0.717) is 6.54 Å². The third-order valence-corrected chi connectivity index (χ3v) is 2.99. The molecule has 3 nitrogen and oxygen atoms in total. The molecular formula is C15H18N2O. The minimum Gasteiger partial charge on any atom is -0.455 e. The van der Waals surface area contributed by atoms with Crippen LogP contribution in [0.5, 0.6) is 11.5 Å². The molecule has 1 heterocycles. The first-order valence-corrected chi connectivity index (χ1v) is 6.09. The Morgan fingerprint density at radius 2 is 2.06 bits per heavy atom. The molecular weight excluding hydrogens is 224 g/mol. The number of pyridine rings is 1. The fourth-order valence-electron chi connectivity index (χ4n) is 1.78. The van der Waals surface area contributed by atoms with Crippen molar-refractivity contribution in [1.82, 2.24) is 4.98 Å². The molecule has 1 aromatic heterocycles. The van der Waals surface area contributed by atoms with Crippen molar-refractivity contribution in [3.63, 3.8) is 0 Å². The molecule has 3 heteroatoms. The summed E-state index contributed by atoms with van der Waals surface area (Å²) in [5.74, 6) is 1.64. The van der Waals surface area contributed by atoms with E-state index in [2.05, 4.69) is 24.9 Å². The first-order chi connectivity index (χ1) is 8.70. The third kappa shape index (κ3) is 2.87. The zero-order chi connectivity index (χ0) is 13.0. The smallest absolute Gasteiger partial charge is 0.145 e. The van der Waals surface area contributed by atoms with E-state index in [-0.39, 0.29) is 0 Å². The van der Waals surface area contributed by atoms with Crippen LogP contribution < -0.4 is 10.5 Å². The highest BCUT2D eigenvalue weighted by molar-refractivity contribution is 5.41. The average Bonchev–Trinajstić information content (AvgIpc) is 2.36. The zero-order valence-electron chi connectivity index (χ0n) is 10.8. The van der Waals surface area contributed by atoms with Gasteiger partial charge in [-0.15, -0.1) is 0 Å². The topological polar surface area (TPSA) is 48.1 Å². The second kappa shape index (κ2) is 5.65.